The molecule has 2 N–H and O–H groups in total. The van der Waals surface area contributed by atoms with Crippen LogP contribution in [-0.4, -0.2) is 48.2 Å². The summed E-state index contributed by atoms with van der Waals surface area (Å²) in [6.45, 7) is 2.96. The van der Waals surface area contributed by atoms with Gasteiger partial charge in [0.25, 0.3) is 0 Å². The van der Waals surface area contributed by atoms with Crippen LogP contribution in [0.15, 0.2) is 0 Å². The molecule has 0 heterocycles. The minimum Gasteiger partial charge on any atom is -0.393 e. The molecule has 4 nitrogen and oxygen atoms in total. The lowest BCUT2D eigenvalue weighted by molar-refractivity contribution is -0.122. The second kappa shape index (κ2) is 6.86. The summed E-state index contributed by atoms with van der Waals surface area (Å²) in [6.07, 6.45) is 5.16. The van der Waals surface area contributed by atoms with E-state index in [1.54, 1.807) is 6.92 Å². The Hall–Kier alpha value is -0.610. The van der Waals surface area contributed by atoms with Crippen molar-refractivity contribution in [3.8, 4) is 0 Å². The van der Waals surface area contributed by atoms with E-state index in [-0.39, 0.29) is 12.0 Å². The fourth-order valence-corrected chi connectivity index (χ4v) is 2.07. The number of aliphatic hydroxyl groups excluding tert-OH is 1. The van der Waals surface area contributed by atoms with Crippen LogP contribution in [0.1, 0.15) is 39.0 Å². The van der Waals surface area contributed by atoms with Gasteiger partial charge in [-0.3, -0.25) is 9.69 Å². The molecule has 0 spiro atoms. The summed E-state index contributed by atoms with van der Waals surface area (Å²) in [5.74, 6) is 0.111. The first-order valence-electron chi connectivity index (χ1n) is 6.24. The van der Waals surface area contributed by atoms with Crippen molar-refractivity contribution in [2.45, 2.75) is 51.2 Å². The maximum atomic E-state index is 11.6. The Balaban J connectivity index is 2.12. The number of likely N-dealkylation sites (N-methyl/N-ethyl adjacent to an activating group) is 1. The molecule has 1 aliphatic rings. The molecule has 94 valence electrons. The minimum atomic E-state index is -0.291. The summed E-state index contributed by atoms with van der Waals surface area (Å²) < 4.78 is 0. The molecule has 1 unspecified atom stereocenters. The zero-order chi connectivity index (χ0) is 12.0. The lowest BCUT2D eigenvalue weighted by Crippen LogP contribution is -2.40. The van der Waals surface area contributed by atoms with Crippen LogP contribution in [-0.2, 0) is 4.79 Å². The Morgan fingerprint density at radius 1 is 1.50 bits per heavy atom. The van der Waals surface area contributed by atoms with Gasteiger partial charge in [0, 0.05) is 12.6 Å². The van der Waals surface area contributed by atoms with E-state index in [0.717, 1.165) is 19.4 Å². The quantitative estimate of drug-likeness (QED) is 0.705. The molecule has 0 bridgehead atoms. The monoisotopic (exact) mass is 228 g/mol. The second-order valence-electron chi connectivity index (χ2n) is 4.92. The van der Waals surface area contributed by atoms with Gasteiger partial charge in [0.05, 0.1) is 12.6 Å². The fraction of sp³-hybridized carbons (Fsp3) is 0.917. The first kappa shape index (κ1) is 13.5. The van der Waals surface area contributed by atoms with Gasteiger partial charge in [-0.25, -0.2) is 0 Å². The third-order valence-corrected chi connectivity index (χ3v) is 3.06. The number of nitrogens with one attached hydrogen (secondary N) is 1. The van der Waals surface area contributed by atoms with Crippen molar-refractivity contribution in [2.75, 3.05) is 20.1 Å². The van der Waals surface area contributed by atoms with E-state index in [1.807, 2.05) is 11.9 Å². The molecule has 0 aliphatic heterocycles. The van der Waals surface area contributed by atoms with Crippen LogP contribution in [0, 0.1) is 0 Å². The summed E-state index contributed by atoms with van der Waals surface area (Å²) in [5, 5.41) is 12.2. The van der Waals surface area contributed by atoms with E-state index >= 15 is 0 Å². The highest BCUT2D eigenvalue weighted by Gasteiger charge is 2.17. The van der Waals surface area contributed by atoms with Crippen molar-refractivity contribution in [1.82, 2.24) is 10.2 Å². The van der Waals surface area contributed by atoms with Crippen molar-refractivity contribution in [3.63, 3.8) is 0 Å². The first-order valence-corrected chi connectivity index (χ1v) is 6.24. The number of carbonyl (C=O) groups is 1. The van der Waals surface area contributed by atoms with Crippen LogP contribution >= 0.6 is 0 Å². The topological polar surface area (TPSA) is 52.6 Å². The maximum absolute atomic E-state index is 11.6. The van der Waals surface area contributed by atoms with Crippen LogP contribution in [0.5, 0.6) is 0 Å². The van der Waals surface area contributed by atoms with Gasteiger partial charge in [0.15, 0.2) is 0 Å². The molecule has 0 aromatic carbocycles. The van der Waals surface area contributed by atoms with Gasteiger partial charge in [0.1, 0.15) is 0 Å². The molecule has 1 fully saturated rings. The van der Waals surface area contributed by atoms with Crippen LogP contribution in [0.3, 0.4) is 0 Å². The zero-order valence-corrected chi connectivity index (χ0v) is 10.4. The van der Waals surface area contributed by atoms with E-state index in [0.29, 0.717) is 19.0 Å². The van der Waals surface area contributed by atoms with Gasteiger partial charge in [-0.15, -0.1) is 0 Å². The van der Waals surface area contributed by atoms with E-state index in [1.165, 1.54) is 12.8 Å². The molecule has 1 aliphatic carbocycles. The van der Waals surface area contributed by atoms with Gasteiger partial charge in [-0.05, 0) is 33.2 Å². The molecule has 0 aromatic rings. The van der Waals surface area contributed by atoms with Crippen LogP contribution < -0.4 is 5.32 Å². The Labute approximate surface area is 98.0 Å². The summed E-state index contributed by atoms with van der Waals surface area (Å²) in [4.78, 5) is 13.6. The lowest BCUT2D eigenvalue weighted by atomic mass is 10.2. The number of hydrogen-bond donors (Lipinski definition) is 2. The molecule has 4 heteroatoms. The van der Waals surface area contributed by atoms with Gasteiger partial charge < -0.3 is 10.4 Å². The second-order valence-corrected chi connectivity index (χ2v) is 4.92. The predicted molar refractivity (Wildman–Crippen MR) is 64.2 cm³/mol. The average Bonchev–Trinajstić information content (AvgIpc) is 2.67. The molecular formula is C12H24N2O2. The standard InChI is InChI=1S/C12H24N2O2/c1-10(15)7-8-14(2)9-12(16)13-11-5-3-4-6-11/h10-11,15H,3-9H2,1-2H3,(H,13,16). The Morgan fingerprint density at radius 3 is 2.69 bits per heavy atom. The predicted octanol–water partition coefficient (Wildman–Crippen LogP) is 0.748. The lowest BCUT2D eigenvalue weighted by Gasteiger charge is -2.19. The molecule has 0 radical (unpaired) electrons. The molecule has 0 aromatic heterocycles. The van der Waals surface area contributed by atoms with Crippen molar-refractivity contribution >= 4 is 5.91 Å². The molecular weight excluding hydrogens is 204 g/mol. The Bertz CT molecular complexity index is 213. The number of amides is 1. The summed E-state index contributed by atoms with van der Waals surface area (Å²) in [7, 11) is 1.91. The van der Waals surface area contributed by atoms with Crippen molar-refractivity contribution < 1.29 is 9.90 Å². The molecule has 0 saturated heterocycles. The number of rotatable bonds is 6. The summed E-state index contributed by atoms with van der Waals surface area (Å²) in [6, 6.07) is 0.401. The largest absolute Gasteiger partial charge is 0.393 e. The first-order chi connectivity index (χ1) is 7.58. The van der Waals surface area contributed by atoms with Gasteiger partial charge in [0.2, 0.25) is 5.91 Å². The van der Waals surface area contributed by atoms with E-state index < -0.39 is 0 Å². The van der Waals surface area contributed by atoms with Crippen molar-refractivity contribution in [2.24, 2.45) is 0 Å². The van der Waals surface area contributed by atoms with Gasteiger partial charge in [-0.2, -0.15) is 0 Å². The fourth-order valence-electron chi connectivity index (χ4n) is 2.07. The minimum absolute atomic E-state index is 0.111. The maximum Gasteiger partial charge on any atom is 0.234 e. The number of hydrogen-bond acceptors (Lipinski definition) is 3. The molecule has 16 heavy (non-hydrogen) atoms. The highest BCUT2D eigenvalue weighted by molar-refractivity contribution is 5.78. The summed E-state index contributed by atoms with van der Waals surface area (Å²) >= 11 is 0. The molecule has 1 saturated carbocycles. The van der Waals surface area contributed by atoms with E-state index in [4.69, 9.17) is 5.11 Å². The van der Waals surface area contributed by atoms with Crippen LogP contribution in [0.4, 0.5) is 0 Å². The van der Waals surface area contributed by atoms with Crippen molar-refractivity contribution in [3.05, 3.63) is 0 Å². The Morgan fingerprint density at radius 2 is 2.12 bits per heavy atom. The van der Waals surface area contributed by atoms with Crippen LogP contribution in [0.2, 0.25) is 0 Å². The van der Waals surface area contributed by atoms with Gasteiger partial charge in [-0.1, -0.05) is 12.8 Å². The smallest absolute Gasteiger partial charge is 0.234 e. The number of nitrogens with zero attached hydrogens (tertiary/aromatic N) is 1. The highest BCUT2D eigenvalue weighted by Crippen LogP contribution is 2.17. The normalized spacial score (nSPS) is 19.0. The molecule has 1 amide bonds. The highest BCUT2D eigenvalue weighted by atomic mass is 16.3. The molecule has 1 rings (SSSR count). The number of aliphatic hydroxyl groups is 1. The third kappa shape index (κ3) is 5.47. The number of carbonyl (C=O) groups excluding carboxylic acids is 1. The van der Waals surface area contributed by atoms with E-state index in [9.17, 15) is 4.79 Å². The summed E-state index contributed by atoms with van der Waals surface area (Å²) in [5.41, 5.74) is 0. The average molecular weight is 228 g/mol. The van der Waals surface area contributed by atoms with Gasteiger partial charge >= 0.3 is 0 Å². The Kier molecular flexibility index (Phi) is 5.77. The van der Waals surface area contributed by atoms with Crippen LogP contribution in [0.25, 0.3) is 0 Å². The molecule has 1 atom stereocenters. The van der Waals surface area contributed by atoms with Crippen molar-refractivity contribution in [1.29, 1.82) is 0 Å². The zero-order valence-electron chi connectivity index (χ0n) is 10.4. The van der Waals surface area contributed by atoms with E-state index in [2.05, 4.69) is 5.32 Å². The SMILES string of the molecule is CC(O)CCN(C)CC(=O)NC1CCCC1. The third-order valence-electron chi connectivity index (χ3n) is 3.06.